The van der Waals surface area contributed by atoms with Crippen molar-refractivity contribution in [3.63, 3.8) is 0 Å². The summed E-state index contributed by atoms with van der Waals surface area (Å²) >= 11 is 0. The van der Waals surface area contributed by atoms with E-state index in [9.17, 15) is 0 Å². The van der Waals surface area contributed by atoms with Gasteiger partial charge in [0.1, 0.15) is 17.5 Å². The number of hydrogen-bond donors (Lipinski definition) is 2. The molecule has 1 atom stereocenters. The molecule has 0 spiro atoms. The number of nitrogen functional groups attached to an aromatic ring is 1. The zero-order chi connectivity index (χ0) is 12.3. The normalized spacial score (nSPS) is 20.2. The van der Waals surface area contributed by atoms with Crippen LogP contribution in [0.15, 0.2) is 0 Å². The minimum absolute atomic E-state index is 0.0691. The SMILES string of the molecule is Cc1nc(N)c(C)c(NCC2COCCO2)n1. The van der Waals surface area contributed by atoms with Crippen LogP contribution in [0.4, 0.5) is 11.6 Å². The highest BCUT2D eigenvalue weighted by Crippen LogP contribution is 2.17. The largest absolute Gasteiger partial charge is 0.383 e. The second-order valence-corrected chi connectivity index (χ2v) is 4.08. The molecule has 0 aromatic carbocycles. The summed E-state index contributed by atoms with van der Waals surface area (Å²) in [6.45, 7) is 6.32. The number of ether oxygens (including phenoxy) is 2. The average molecular weight is 238 g/mol. The maximum Gasteiger partial charge on any atom is 0.134 e. The zero-order valence-electron chi connectivity index (χ0n) is 10.2. The fraction of sp³-hybridized carbons (Fsp3) is 0.636. The summed E-state index contributed by atoms with van der Waals surface area (Å²) in [7, 11) is 0. The molecular formula is C11H18N4O2. The first kappa shape index (κ1) is 12.1. The minimum Gasteiger partial charge on any atom is -0.383 e. The molecule has 0 bridgehead atoms. The van der Waals surface area contributed by atoms with Crippen LogP contribution in [0.5, 0.6) is 0 Å². The molecule has 17 heavy (non-hydrogen) atoms. The van der Waals surface area contributed by atoms with E-state index in [4.69, 9.17) is 15.2 Å². The van der Waals surface area contributed by atoms with E-state index in [1.165, 1.54) is 0 Å². The predicted molar refractivity (Wildman–Crippen MR) is 65.0 cm³/mol. The second kappa shape index (κ2) is 5.29. The molecule has 6 nitrogen and oxygen atoms in total. The second-order valence-electron chi connectivity index (χ2n) is 4.08. The molecule has 3 N–H and O–H groups in total. The number of nitrogens with one attached hydrogen (secondary N) is 1. The van der Waals surface area contributed by atoms with Crippen LogP contribution in [0.1, 0.15) is 11.4 Å². The van der Waals surface area contributed by atoms with E-state index >= 15 is 0 Å². The van der Waals surface area contributed by atoms with Crippen molar-refractivity contribution in [3.05, 3.63) is 11.4 Å². The molecule has 1 unspecified atom stereocenters. The number of aryl methyl sites for hydroxylation is 1. The number of rotatable bonds is 3. The summed E-state index contributed by atoms with van der Waals surface area (Å²) in [6, 6.07) is 0. The molecule has 1 aliphatic rings. The van der Waals surface area contributed by atoms with Crippen molar-refractivity contribution in [1.29, 1.82) is 0 Å². The van der Waals surface area contributed by atoms with Gasteiger partial charge in [0.05, 0.1) is 25.9 Å². The Morgan fingerprint density at radius 3 is 2.88 bits per heavy atom. The summed E-state index contributed by atoms with van der Waals surface area (Å²) in [5.41, 5.74) is 6.65. The third-order valence-corrected chi connectivity index (χ3v) is 2.68. The fourth-order valence-electron chi connectivity index (χ4n) is 1.69. The van der Waals surface area contributed by atoms with Crippen LogP contribution in [0.25, 0.3) is 0 Å². The van der Waals surface area contributed by atoms with Crippen LogP contribution in [0.2, 0.25) is 0 Å². The van der Waals surface area contributed by atoms with Gasteiger partial charge in [-0.2, -0.15) is 0 Å². The first-order valence-electron chi connectivity index (χ1n) is 5.70. The van der Waals surface area contributed by atoms with Crippen molar-refractivity contribution in [3.8, 4) is 0 Å². The molecule has 0 radical (unpaired) electrons. The molecule has 2 rings (SSSR count). The maximum absolute atomic E-state index is 5.78. The van der Waals surface area contributed by atoms with Crippen molar-refractivity contribution in [2.75, 3.05) is 37.4 Å². The van der Waals surface area contributed by atoms with E-state index in [2.05, 4.69) is 15.3 Å². The van der Waals surface area contributed by atoms with Crippen LogP contribution in [-0.4, -0.2) is 42.4 Å². The zero-order valence-corrected chi connectivity index (χ0v) is 10.2. The maximum atomic E-state index is 5.78. The molecule has 2 heterocycles. The van der Waals surface area contributed by atoms with Gasteiger partial charge in [-0.1, -0.05) is 0 Å². The van der Waals surface area contributed by atoms with E-state index in [1.54, 1.807) is 0 Å². The van der Waals surface area contributed by atoms with Crippen LogP contribution in [-0.2, 0) is 9.47 Å². The topological polar surface area (TPSA) is 82.3 Å². The lowest BCUT2D eigenvalue weighted by Gasteiger charge is -2.23. The van der Waals surface area contributed by atoms with Gasteiger partial charge >= 0.3 is 0 Å². The Morgan fingerprint density at radius 1 is 1.35 bits per heavy atom. The fourth-order valence-corrected chi connectivity index (χ4v) is 1.69. The lowest BCUT2D eigenvalue weighted by molar-refractivity contribution is -0.0819. The summed E-state index contributed by atoms with van der Waals surface area (Å²) in [4.78, 5) is 8.42. The van der Waals surface area contributed by atoms with E-state index in [0.29, 0.717) is 38.0 Å². The molecule has 1 aliphatic heterocycles. The first-order valence-corrected chi connectivity index (χ1v) is 5.70. The highest BCUT2D eigenvalue weighted by Gasteiger charge is 2.15. The highest BCUT2D eigenvalue weighted by atomic mass is 16.6. The quantitative estimate of drug-likeness (QED) is 0.798. The smallest absolute Gasteiger partial charge is 0.134 e. The lowest BCUT2D eigenvalue weighted by Crippen LogP contribution is -2.34. The Morgan fingerprint density at radius 2 is 2.18 bits per heavy atom. The standard InChI is InChI=1S/C11H18N4O2/c1-7-10(12)14-8(2)15-11(7)13-5-9-6-16-3-4-17-9/h9H,3-6H2,1-2H3,(H3,12,13,14,15). The molecular weight excluding hydrogens is 220 g/mol. The van der Waals surface area contributed by atoms with Gasteiger partial charge in [-0.3, -0.25) is 0 Å². The first-order chi connectivity index (χ1) is 8.16. The van der Waals surface area contributed by atoms with Crippen molar-refractivity contribution < 1.29 is 9.47 Å². The van der Waals surface area contributed by atoms with Crippen molar-refractivity contribution >= 4 is 11.6 Å². The molecule has 94 valence electrons. The Kier molecular flexibility index (Phi) is 3.75. The summed E-state index contributed by atoms with van der Waals surface area (Å²) in [6.07, 6.45) is 0.0691. The highest BCUT2D eigenvalue weighted by molar-refractivity contribution is 5.54. The summed E-state index contributed by atoms with van der Waals surface area (Å²) < 4.78 is 10.9. The number of hydrogen-bond acceptors (Lipinski definition) is 6. The molecule has 0 aliphatic carbocycles. The Bertz CT molecular complexity index is 391. The van der Waals surface area contributed by atoms with E-state index in [-0.39, 0.29) is 6.10 Å². The average Bonchev–Trinajstić information content (AvgIpc) is 2.33. The molecule has 0 saturated carbocycles. The monoisotopic (exact) mass is 238 g/mol. The van der Waals surface area contributed by atoms with Gasteiger partial charge in [0.15, 0.2) is 0 Å². The van der Waals surface area contributed by atoms with E-state index in [1.807, 2.05) is 13.8 Å². The molecule has 0 amide bonds. The molecule has 1 aromatic rings. The van der Waals surface area contributed by atoms with Gasteiger partial charge in [0.25, 0.3) is 0 Å². The summed E-state index contributed by atoms with van der Waals surface area (Å²) in [5.74, 6) is 1.95. The van der Waals surface area contributed by atoms with Gasteiger partial charge in [-0.25, -0.2) is 9.97 Å². The number of nitrogens with zero attached hydrogens (tertiary/aromatic N) is 2. The molecule has 1 saturated heterocycles. The van der Waals surface area contributed by atoms with E-state index in [0.717, 1.165) is 11.4 Å². The molecule has 1 fully saturated rings. The van der Waals surface area contributed by atoms with Gasteiger partial charge < -0.3 is 20.5 Å². The minimum atomic E-state index is 0.0691. The lowest BCUT2D eigenvalue weighted by atomic mass is 10.3. The Labute approximate surface area is 101 Å². The van der Waals surface area contributed by atoms with E-state index < -0.39 is 0 Å². The summed E-state index contributed by atoms with van der Waals surface area (Å²) in [5, 5.41) is 3.23. The third-order valence-electron chi connectivity index (χ3n) is 2.68. The number of anilines is 2. The number of nitrogens with two attached hydrogens (primary N) is 1. The van der Waals surface area contributed by atoms with Crippen molar-refractivity contribution in [2.45, 2.75) is 20.0 Å². The van der Waals surface area contributed by atoms with Crippen LogP contribution in [0.3, 0.4) is 0 Å². The number of aromatic nitrogens is 2. The van der Waals surface area contributed by atoms with Gasteiger partial charge in [-0.05, 0) is 13.8 Å². The predicted octanol–water partition coefficient (Wildman–Crippen LogP) is 0.503. The molecule has 1 aromatic heterocycles. The third kappa shape index (κ3) is 3.04. The van der Waals surface area contributed by atoms with Crippen molar-refractivity contribution in [2.24, 2.45) is 0 Å². The Balaban J connectivity index is 1.98. The van der Waals surface area contributed by atoms with Crippen LogP contribution in [0, 0.1) is 13.8 Å². The molecule has 6 heteroatoms. The van der Waals surface area contributed by atoms with Crippen molar-refractivity contribution in [1.82, 2.24) is 9.97 Å². The van der Waals surface area contributed by atoms with Crippen LogP contribution < -0.4 is 11.1 Å². The van der Waals surface area contributed by atoms with Gasteiger partial charge in [0, 0.05) is 12.1 Å². The van der Waals surface area contributed by atoms with Gasteiger partial charge in [0.2, 0.25) is 0 Å². The Hall–Kier alpha value is -1.40. The van der Waals surface area contributed by atoms with Gasteiger partial charge in [-0.15, -0.1) is 0 Å². The van der Waals surface area contributed by atoms with Crippen LogP contribution >= 0.6 is 0 Å².